The molecular formula is C13H17FN2S2. The second kappa shape index (κ2) is 5.89. The van der Waals surface area contributed by atoms with Crippen molar-refractivity contribution in [3.63, 3.8) is 0 Å². The molecule has 1 aromatic carbocycles. The minimum Gasteiger partial charge on any atom is -0.389 e. The Morgan fingerprint density at radius 3 is 2.83 bits per heavy atom. The van der Waals surface area contributed by atoms with E-state index in [4.69, 9.17) is 18.0 Å². The second-order valence-corrected chi connectivity index (χ2v) is 6.15. The van der Waals surface area contributed by atoms with Crippen molar-refractivity contribution in [1.82, 2.24) is 0 Å². The lowest BCUT2D eigenvalue weighted by molar-refractivity contribution is 0.625. The van der Waals surface area contributed by atoms with Gasteiger partial charge in [-0.3, -0.25) is 0 Å². The third-order valence-corrected chi connectivity index (χ3v) is 4.64. The summed E-state index contributed by atoms with van der Waals surface area (Å²) in [6, 6.07) is 5.39. The van der Waals surface area contributed by atoms with Crippen LogP contribution in [0.4, 0.5) is 10.1 Å². The molecule has 2 nitrogen and oxygen atoms in total. The molecule has 0 amide bonds. The molecule has 0 radical (unpaired) electrons. The molecule has 3 N–H and O–H groups in total. The zero-order valence-corrected chi connectivity index (χ0v) is 11.9. The lowest BCUT2D eigenvalue weighted by atomic mass is 10.1. The van der Waals surface area contributed by atoms with Crippen molar-refractivity contribution in [2.75, 3.05) is 11.6 Å². The number of hydrogen-bond acceptors (Lipinski definition) is 3. The van der Waals surface area contributed by atoms with Crippen LogP contribution in [-0.2, 0) is 0 Å². The van der Waals surface area contributed by atoms with Crippen molar-refractivity contribution in [2.24, 2.45) is 5.73 Å². The molecule has 0 spiro atoms. The van der Waals surface area contributed by atoms with E-state index in [0.29, 0.717) is 11.6 Å². The van der Waals surface area contributed by atoms with Gasteiger partial charge in [-0.05, 0) is 43.7 Å². The van der Waals surface area contributed by atoms with Crippen LogP contribution in [-0.4, -0.2) is 22.5 Å². The first-order chi connectivity index (χ1) is 8.60. The highest BCUT2D eigenvalue weighted by Gasteiger charge is 2.23. The fourth-order valence-electron chi connectivity index (χ4n) is 2.33. The smallest absolute Gasteiger partial charge is 0.135 e. The van der Waals surface area contributed by atoms with Crippen LogP contribution in [0.3, 0.4) is 0 Å². The normalized spacial score (nSPS) is 23.0. The molecule has 2 unspecified atom stereocenters. The van der Waals surface area contributed by atoms with Crippen molar-refractivity contribution >= 4 is 34.7 Å². The van der Waals surface area contributed by atoms with Gasteiger partial charge in [-0.25, -0.2) is 4.39 Å². The number of nitrogens with two attached hydrogens (primary N) is 1. The highest BCUT2D eigenvalue weighted by atomic mass is 32.2. The Labute approximate surface area is 117 Å². The average Bonchev–Trinajstić information content (AvgIpc) is 2.76. The number of benzene rings is 1. The van der Waals surface area contributed by atoms with Gasteiger partial charge in [-0.1, -0.05) is 12.2 Å². The molecule has 0 saturated heterocycles. The average molecular weight is 284 g/mol. The monoisotopic (exact) mass is 284 g/mol. The molecule has 18 heavy (non-hydrogen) atoms. The number of nitrogens with one attached hydrogen (secondary N) is 1. The van der Waals surface area contributed by atoms with Crippen LogP contribution in [0.25, 0.3) is 0 Å². The standard InChI is InChI=1S/C13H17FN2S2/c1-18-10-4-2-8(6-10)16-9-3-5-11(13(15)17)12(14)7-9/h3,5,7-8,10,16H,2,4,6H2,1H3,(H2,15,17). The molecule has 0 aliphatic heterocycles. The van der Waals surface area contributed by atoms with Crippen LogP contribution >= 0.6 is 24.0 Å². The molecule has 2 rings (SSSR count). The summed E-state index contributed by atoms with van der Waals surface area (Å²) in [5.74, 6) is -0.355. The molecule has 0 aromatic heterocycles. The van der Waals surface area contributed by atoms with Crippen molar-refractivity contribution < 1.29 is 4.39 Å². The van der Waals surface area contributed by atoms with E-state index in [1.165, 1.54) is 12.5 Å². The number of thiocarbonyl (C=S) groups is 1. The van der Waals surface area contributed by atoms with Crippen molar-refractivity contribution in [3.05, 3.63) is 29.6 Å². The summed E-state index contributed by atoms with van der Waals surface area (Å²) in [6.07, 6.45) is 5.65. The van der Waals surface area contributed by atoms with E-state index in [-0.39, 0.29) is 10.8 Å². The van der Waals surface area contributed by atoms with E-state index in [2.05, 4.69) is 11.6 Å². The summed E-state index contributed by atoms with van der Waals surface area (Å²) >= 11 is 6.69. The van der Waals surface area contributed by atoms with Crippen LogP contribution in [0.1, 0.15) is 24.8 Å². The first-order valence-corrected chi connectivity index (χ1v) is 7.68. The van der Waals surface area contributed by atoms with Gasteiger partial charge >= 0.3 is 0 Å². The van der Waals surface area contributed by atoms with Crippen molar-refractivity contribution in [3.8, 4) is 0 Å². The van der Waals surface area contributed by atoms with Gasteiger partial charge in [0.2, 0.25) is 0 Å². The first kappa shape index (κ1) is 13.6. The van der Waals surface area contributed by atoms with Gasteiger partial charge in [0.25, 0.3) is 0 Å². The molecular weight excluding hydrogens is 267 g/mol. The number of anilines is 1. The molecule has 1 fully saturated rings. The van der Waals surface area contributed by atoms with E-state index < -0.39 is 0 Å². The number of rotatable bonds is 4. The van der Waals surface area contributed by atoms with Gasteiger partial charge in [0.1, 0.15) is 10.8 Å². The SMILES string of the molecule is CSC1CCC(Nc2ccc(C(N)=S)c(F)c2)C1. The summed E-state index contributed by atoms with van der Waals surface area (Å²) in [7, 11) is 0. The molecule has 98 valence electrons. The fourth-order valence-corrected chi connectivity index (χ4v) is 3.29. The predicted molar refractivity (Wildman–Crippen MR) is 80.9 cm³/mol. The predicted octanol–water partition coefficient (Wildman–Crippen LogP) is 3.16. The summed E-state index contributed by atoms with van der Waals surface area (Å²) in [4.78, 5) is 0.0994. The molecule has 1 saturated carbocycles. The maximum atomic E-state index is 13.7. The van der Waals surface area contributed by atoms with Crippen LogP contribution < -0.4 is 11.1 Å². The third-order valence-electron chi connectivity index (χ3n) is 3.32. The van der Waals surface area contributed by atoms with Gasteiger partial charge < -0.3 is 11.1 Å². The maximum Gasteiger partial charge on any atom is 0.135 e. The Balaban J connectivity index is 2.02. The molecule has 0 bridgehead atoms. The third kappa shape index (κ3) is 3.14. The second-order valence-electron chi connectivity index (χ2n) is 4.57. The molecule has 1 aromatic rings. The minimum absolute atomic E-state index is 0.0994. The van der Waals surface area contributed by atoms with Crippen LogP contribution in [0.15, 0.2) is 18.2 Å². The van der Waals surface area contributed by atoms with E-state index >= 15 is 0 Å². The van der Waals surface area contributed by atoms with Gasteiger partial charge in [0.05, 0.1) is 0 Å². The largest absolute Gasteiger partial charge is 0.389 e. The summed E-state index contributed by atoms with van der Waals surface area (Å²) in [5.41, 5.74) is 6.55. The highest BCUT2D eigenvalue weighted by Crippen LogP contribution is 2.30. The first-order valence-electron chi connectivity index (χ1n) is 5.99. The summed E-state index contributed by atoms with van der Waals surface area (Å²) in [5, 5.41) is 4.10. The van der Waals surface area contributed by atoms with E-state index in [0.717, 1.165) is 23.8 Å². The Hall–Kier alpha value is -0.810. The van der Waals surface area contributed by atoms with Crippen molar-refractivity contribution in [1.29, 1.82) is 0 Å². The topological polar surface area (TPSA) is 38.0 Å². The molecule has 2 atom stereocenters. The summed E-state index contributed by atoms with van der Waals surface area (Å²) < 4.78 is 13.7. The zero-order chi connectivity index (χ0) is 13.1. The number of halogens is 1. The number of thioether (sulfide) groups is 1. The number of hydrogen-bond donors (Lipinski definition) is 2. The molecule has 0 heterocycles. The zero-order valence-electron chi connectivity index (χ0n) is 10.3. The van der Waals surface area contributed by atoms with E-state index in [1.807, 2.05) is 17.8 Å². The van der Waals surface area contributed by atoms with Crippen LogP contribution in [0, 0.1) is 5.82 Å². The Kier molecular flexibility index (Phi) is 4.45. The Bertz CT molecular complexity index is 451. The Morgan fingerprint density at radius 2 is 2.28 bits per heavy atom. The fraction of sp³-hybridized carbons (Fsp3) is 0.462. The quantitative estimate of drug-likeness (QED) is 0.833. The lowest BCUT2D eigenvalue weighted by Crippen LogP contribution is -2.17. The minimum atomic E-state index is -0.355. The summed E-state index contributed by atoms with van der Waals surface area (Å²) in [6.45, 7) is 0. The molecule has 1 aliphatic carbocycles. The van der Waals surface area contributed by atoms with Crippen LogP contribution in [0.5, 0.6) is 0 Å². The maximum absolute atomic E-state index is 13.7. The van der Waals surface area contributed by atoms with E-state index in [9.17, 15) is 4.39 Å². The van der Waals surface area contributed by atoms with Gasteiger partial charge in [0, 0.05) is 22.5 Å². The van der Waals surface area contributed by atoms with Crippen LogP contribution in [0.2, 0.25) is 0 Å². The van der Waals surface area contributed by atoms with Crippen molar-refractivity contribution in [2.45, 2.75) is 30.6 Å². The van der Waals surface area contributed by atoms with Gasteiger partial charge in [-0.2, -0.15) is 11.8 Å². The lowest BCUT2D eigenvalue weighted by Gasteiger charge is -2.15. The molecule has 5 heteroatoms. The molecule has 1 aliphatic rings. The van der Waals surface area contributed by atoms with Gasteiger partial charge in [-0.15, -0.1) is 0 Å². The Morgan fingerprint density at radius 1 is 1.50 bits per heavy atom. The van der Waals surface area contributed by atoms with Gasteiger partial charge in [0.15, 0.2) is 0 Å². The highest BCUT2D eigenvalue weighted by molar-refractivity contribution is 7.99. The van der Waals surface area contributed by atoms with E-state index in [1.54, 1.807) is 6.07 Å².